The molecule has 32 heavy (non-hydrogen) atoms. The second-order valence-electron chi connectivity index (χ2n) is 7.28. The van der Waals surface area contributed by atoms with Gasteiger partial charge in [0.05, 0.1) is 29.5 Å². The van der Waals surface area contributed by atoms with Crippen molar-refractivity contribution in [3.05, 3.63) is 83.4 Å². The number of hydrazone groups is 1. The number of hydrogen-bond donors (Lipinski definition) is 3. The second kappa shape index (κ2) is 9.57. The number of amides is 1. The number of nitrogens with zero attached hydrogens (tertiary/aromatic N) is 3. The number of nitrogens with one attached hydrogen (secondary N) is 1. The Kier molecular flexibility index (Phi) is 6.42. The van der Waals surface area contributed by atoms with Gasteiger partial charge >= 0.3 is 0 Å². The van der Waals surface area contributed by atoms with E-state index in [2.05, 4.69) is 46.3 Å². The summed E-state index contributed by atoms with van der Waals surface area (Å²) in [7, 11) is 0. The molecule has 4 rings (SSSR count). The van der Waals surface area contributed by atoms with Crippen LogP contribution in [0, 0.1) is 6.92 Å². The molecule has 7 nitrogen and oxygen atoms in total. The number of benzene rings is 3. The molecule has 1 heterocycles. The average Bonchev–Trinajstić information content (AvgIpc) is 3.14. The molecule has 162 valence electrons. The first kappa shape index (κ1) is 21.5. The Morgan fingerprint density at radius 2 is 1.88 bits per heavy atom. The minimum absolute atomic E-state index is 0.148. The molecular formula is C24H22N4O3S. The largest absolute Gasteiger partial charge is 0.504 e. The molecule has 0 aliphatic heterocycles. The highest BCUT2D eigenvalue weighted by Gasteiger charge is 2.13. The Balaban J connectivity index is 1.44. The van der Waals surface area contributed by atoms with Crippen molar-refractivity contribution in [1.82, 2.24) is 15.0 Å². The van der Waals surface area contributed by atoms with Gasteiger partial charge in [-0.1, -0.05) is 53.7 Å². The summed E-state index contributed by atoms with van der Waals surface area (Å²) in [6.07, 6.45) is 1.40. The molecule has 0 spiro atoms. The number of aryl methyl sites for hydroxylation is 1. The van der Waals surface area contributed by atoms with E-state index in [1.807, 2.05) is 24.3 Å². The fourth-order valence-electron chi connectivity index (χ4n) is 3.15. The highest BCUT2D eigenvalue weighted by atomic mass is 32.2. The van der Waals surface area contributed by atoms with Gasteiger partial charge in [0.1, 0.15) is 0 Å². The van der Waals surface area contributed by atoms with Crippen LogP contribution in [0.2, 0.25) is 0 Å². The molecule has 0 aliphatic rings. The number of thioether (sulfide) groups is 1. The van der Waals surface area contributed by atoms with Crippen molar-refractivity contribution >= 4 is 34.9 Å². The van der Waals surface area contributed by atoms with Crippen LogP contribution in [-0.2, 0) is 11.3 Å². The molecule has 8 heteroatoms. The Hall–Kier alpha value is -3.78. The lowest BCUT2D eigenvalue weighted by Gasteiger charge is -2.09. The minimum atomic E-state index is -0.275. The summed E-state index contributed by atoms with van der Waals surface area (Å²) >= 11 is 1.35. The number of imidazole rings is 1. The molecule has 0 aliphatic carbocycles. The predicted molar refractivity (Wildman–Crippen MR) is 126 cm³/mol. The van der Waals surface area contributed by atoms with Gasteiger partial charge in [-0.05, 0) is 48.4 Å². The van der Waals surface area contributed by atoms with Gasteiger partial charge in [0.25, 0.3) is 5.91 Å². The number of hydrogen-bond acceptors (Lipinski definition) is 6. The SMILES string of the molecule is Cc1ccc(Cn2c(SCC(=O)N/N=C/c3ccc(O)c(O)c3)nc3ccccc32)cc1. The van der Waals surface area contributed by atoms with Gasteiger partial charge in [-0.3, -0.25) is 4.79 Å². The highest BCUT2D eigenvalue weighted by molar-refractivity contribution is 7.99. The number of carbonyl (C=O) groups excluding carboxylic acids is 1. The number of aromatic nitrogens is 2. The van der Waals surface area contributed by atoms with Crippen LogP contribution < -0.4 is 5.43 Å². The Bertz CT molecular complexity index is 1280. The molecule has 0 fully saturated rings. The third kappa shape index (κ3) is 5.09. The van der Waals surface area contributed by atoms with Crippen LogP contribution in [0.5, 0.6) is 11.5 Å². The lowest BCUT2D eigenvalue weighted by atomic mass is 10.1. The summed E-state index contributed by atoms with van der Waals surface area (Å²) < 4.78 is 2.11. The van der Waals surface area contributed by atoms with Gasteiger partial charge in [0.15, 0.2) is 16.7 Å². The average molecular weight is 447 g/mol. The van der Waals surface area contributed by atoms with Gasteiger partial charge in [-0.25, -0.2) is 10.4 Å². The van der Waals surface area contributed by atoms with Crippen LogP contribution in [0.25, 0.3) is 11.0 Å². The monoisotopic (exact) mass is 446 g/mol. The van der Waals surface area contributed by atoms with Crippen LogP contribution >= 0.6 is 11.8 Å². The molecule has 0 saturated carbocycles. The number of para-hydroxylation sites is 2. The van der Waals surface area contributed by atoms with Crippen LogP contribution in [0.15, 0.2) is 77.0 Å². The summed E-state index contributed by atoms with van der Waals surface area (Å²) in [5.41, 5.74) is 7.29. The van der Waals surface area contributed by atoms with E-state index in [-0.39, 0.29) is 23.2 Å². The van der Waals surface area contributed by atoms with Crippen LogP contribution in [0.1, 0.15) is 16.7 Å². The van der Waals surface area contributed by atoms with Crippen molar-refractivity contribution in [1.29, 1.82) is 0 Å². The molecular weight excluding hydrogens is 424 g/mol. The number of carbonyl (C=O) groups is 1. The zero-order valence-electron chi connectivity index (χ0n) is 17.4. The van der Waals surface area contributed by atoms with Crippen LogP contribution in [0.3, 0.4) is 0 Å². The van der Waals surface area contributed by atoms with E-state index in [4.69, 9.17) is 4.98 Å². The van der Waals surface area contributed by atoms with Crippen LogP contribution in [0.4, 0.5) is 0 Å². The molecule has 3 N–H and O–H groups in total. The summed E-state index contributed by atoms with van der Waals surface area (Å²) in [4.78, 5) is 17.0. The maximum atomic E-state index is 12.3. The zero-order valence-corrected chi connectivity index (χ0v) is 18.2. The molecule has 3 aromatic carbocycles. The smallest absolute Gasteiger partial charge is 0.250 e. The van der Waals surface area contributed by atoms with Crippen molar-refractivity contribution in [2.75, 3.05) is 5.75 Å². The standard InChI is InChI=1S/C24H22N4O3S/c1-16-6-8-17(9-7-16)14-28-20-5-3-2-4-19(20)26-24(28)32-15-23(31)27-25-13-18-10-11-21(29)22(30)12-18/h2-13,29-30H,14-15H2,1H3,(H,27,31)/b25-13+. The van der Waals surface area contributed by atoms with Crippen molar-refractivity contribution in [3.8, 4) is 11.5 Å². The van der Waals surface area contributed by atoms with Gasteiger partial charge in [0.2, 0.25) is 0 Å². The first-order valence-electron chi connectivity index (χ1n) is 9.97. The summed E-state index contributed by atoms with van der Waals surface area (Å²) in [6.45, 7) is 2.72. The van der Waals surface area contributed by atoms with E-state index in [0.717, 1.165) is 21.8 Å². The molecule has 1 aromatic heterocycles. The molecule has 0 radical (unpaired) electrons. The van der Waals surface area contributed by atoms with Crippen molar-refractivity contribution in [3.63, 3.8) is 0 Å². The minimum Gasteiger partial charge on any atom is -0.504 e. The van der Waals surface area contributed by atoms with Gasteiger partial charge in [0, 0.05) is 0 Å². The Labute approximate surface area is 189 Å². The number of rotatable bonds is 7. The molecule has 0 bridgehead atoms. The van der Waals surface area contributed by atoms with Gasteiger partial charge < -0.3 is 14.8 Å². The highest BCUT2D eigenvalue weighted by Crippen LogP contribution is 2.26. The van der Waals surface area contributed by atoms with E-state index in [0.29, 0.717) is 12.1 Å². The topological polar surface area (TPSA) is 99.7 Å². The normalized spacial score (nSPS) is 11.3. The van der Waals surface area contributed by atoms with Crippen molar-refractivity contribution in [2.24, 2.45) is 5.10 Å². The van der Waals surface area contributed by atoms with E-state index in [1.165, 1.54) is 35.7 Å². The number of phenols is 2. The Morgan fingerprint density at radius 1 is 1.09 bits per heavy atom. The lowest BCUT2D eigenvalue weighted by Crippen LogP contribution is -2.20. The first-order chi connectivity index (χ1) is 15.5. The van der Waals surface area contributed by atoms with Crippen LogP contribution in [-0.4, -0.2) is 37.6 Å². The fraction of sp³-hybridized carbons (Fsp3) is 0.125. The van der Waals surface area contributed by atoms with Gasteiger partial charge in [-0.15, -0.1) is 0 Å². The van der Waals surface area contributed by atoms with E-state index < -0.39 is 0 Å². The fourth-order valence-corrected chi connectivity index (χ4v) is 3.96. The molecule has 0 atom stereocenters. The Morgan fingerprint density at radius 3 is 2.66 bits per heavy atom. The molecule has 1 amide bonds. The summed E-state index contributed by atoms with van der Waals surface area (Å²) in [5.74, 6) is -0.585. The molecule has 0 unspecified atom stereocenters. The van der Waals surface area contributed by atoms with Crippen molar-refractivity contribution < 1.29 is 15.0 Å². The third-order valence-electron chi connectivity index (χ3n) is 4.82. The van der Waals surface area contributed by atoms with E-state index >= 15 is 0 Å². The lowest BCUT2D eigenvalue weighted by molar-refractivity contribution is -0.118. The number of aromatic hydroxyl groups is 2. The van der Waals surface area contributed by atoms with E-state index in [1.54, 1.807) is 6.07 Å². The zero-order chi connectivity index (χ0) is 22.5. The predicted octanol–water partition coefficient (Wildman–Crippen LogP) is 4.05. The maximum Gasteiger partial charge on any atom is 0.250 e. The first-order valence-corrected chi connectivity index (χ1v) is 11.0. The second-order valence-corrected chi connectivity index (χ2v) is 8.23. The molecule has 4 aromatic rings. The van der Waals surface area contributed by atoms with E-state index in [9.17, 15) is 15.0 Å². The van der Waals surface area contributed by atoms with Gasteiger partial charge in [-0.2, -0.15) is 5.10 Å². The van der Waals surface area contributed by atoms with Crippen molar-refractivity contribution in [2.45, 2.75) is 18.6 Å². The summed E-state index contributed by atoms with van der Waals surface area (Å²) in [6, 6.07) is 20.6. The quantitative estimate of drug-likeness (QED) is 0.172. The third-order valence-corrected chi connectivity index (χ3v) is 5.79. The summed E-state index contributed by atoms with van der Waals surface area (Å²) in [5, 5.41) is 23.5. The number of fused-ring (bicyclic) bond motifs is 1. The number of phenolic OH excluding ortho intramolecular Hbond substituents is 2. The molecule has 0 saturated heterocycles. The maximum absolute atomic E-state index is 12.3.